The maximum atomic E-state index is 12.1. The third-order valence-electron chi connectivity index (χ3n) is 3.01. The van der Waals surface area contributed by atoms with Gasteiger partial charge in [0.1, 0.15) is 0 Å². The molecule has 8 nitrogen and oxygen atoms in total. The molecule has 0 atom stereocenters. The molecule has 2 aromatic heterocycles. The monoisotopic (exact) mass is 297 g/mol. The lowest BCUT2D eigenvalue weighted by molar-refractivity contribution is 0.409. The number of aromatic nitrogens is 3. The van der Waals surface area contributed by atoms with Crippen LogP contribution in [0.2, 0.25) is 0 Å². The van der Waals surface area contributed by atoms with Gasteiger partial charge in [0.25, 0.3) is 0 Å². The Balaban J connectivity index is 1.61. The van der Waals surface area contributed by atoms with E-state index in [9.17, 15) is 8.42 Å². The van der Waals surface area contributed by atoms with E-state index >= 15 is 0 Å². The summed E-state index contributed by atoms with van der Waals surface area (Å²) in [6, 6.07) is 2.20. The smallest absolute Gasteiger partial charge is 0.242 e. The van der Waals surface area contributed by atoms with E-state index in [0.717, 1.165) is 12.1 Å². The zero-order valence-electron chi connectivity index (χ0n) is 10.7. The van der Waals surface area contributed by atoms with Gasteiger partial charge in [0.15, 0.2) is 5.82 Å². The lowest BCUT2D eigenvalue weighted by atomic mass is 10.4. The molecule has 1 fully saturated rings. The van der Waals surface area contributed by atoms with Crippen molar-refractivity contribution in [3.63, 3.8) is 0 Å². The Bertz CT molecular complexity index is 660. The molecule has 0 amide bonds. The van der Waals surface area contributed by atoms with Gasteiger partial charge in [-0.1, -0.05) is 5.16 Å². The Labute approximate surface area is 116 Å². The van der Waals surface area contributed by atoms with Crippen LogP contribution in [0.3, 0.4) is 0 Å². The van der Waals surface area contributed by atoms with E-state index in [1.54, 1.807) is 6.07 Å². The number of nitrogens with one attached hydrogen (secondary N) is 3. The van der Waals surface area contributed by atoms with Crippen LogP contribution in [0.5, 0.6) is 0 Å². The van der Waals surface area contributed by atoms with Crippen molar-refractivity contribution < 1.29 is 12.9 Å². The molecule has 3 rings (SSSR count). The van der Waals surface area contributed by atoms with E-state index in [-0.39, 0.29) is 11.4 Å². The topological polar surface area (TPSA) is 113 Å². The summed E-state index contributed by atoms with van der Waals surface area (Å²) >= 11 is 0. The average Bonchev–Trinajstić information content (AvgIpc) is 2.94. The Morgan fingerprint density at radius 1 is 1.40 bits per heavy atom. The first-order chi connectivity index (χ1) is 9.63. The van der Waals surface area contributed by atoms with Crippen LogP contribution in [0.1, 0.15) is 24.4 Å². The van der Waals surface area contributed by atoms with Crippen LogP contribution in [0.4, 0.5) is 0 Å². The van der Waals surface area contributed by atoms with Gasteiger partial charge in [-0.2, -0.15) is 4.98 Å². The molecule has 1 aliphatic rings. The minimum absolute atomic E-state index is 0.000327. The van der Waals surface area contributed by atoms with Crippen LogP contribution in [0.15, 0.2) is 28.1 Å². The number of hydrogen-bond donors (Lipinski definition) is 3. The fourth-order valence-electron chi connectivity index (χ4n) is 1.73. The molecule has 2 heterocycles. The van der Waals surface area contributed by atoms with Crippen LogP contribution >= 0.6 is 0 Å². The highest BCUT2D eigenvalue weighted by Crippen LogP contribution is 2.19. The molecule has 20 heavy (non-hydrogen) atoms. The molecule has 0 radical (unpaired) electrons. The lowest BCUT2D eigenvalue weighted by Crippen LogP contribution is -2.23. The van der Waals surface area contributed by atoms with Gasteiger partial charge < -0.3 is 14.8 Å². The fraction of sp³-hybridized carbons (Fsp3) is 0.455. The van der Waals surface area contributed by atoms with Crippen LogP contribution in [0, 0.1) is 0 Å². The van der Waals surface area contributed by atoms with Crippen molar-refractivity contribution in [1.82, 2.24) is 25.2 Å². The highest BCUT2D eigenvalue weighted by molar-refractivity contribution is 7.89. The number of aromatic amines is 1. The molecule has 1 aliphatic carbocycles. The van der Waals surface area contributed by atoms with E-state index in [4.69, 9.17) is 0 Å². The van der Waals surface area contributed by atoms with Gasteiger partial charge in [0.2, 0.25) is 16.4 Å². The van der Waals surface area contributed by atoms with E-state index in [2.05, 4.69) is 29.7 Å². The zero-order valence-corrected chi connectivity index (χ0v) is 11.5. The molecule has 108 valence electrons. The summed E-state index contributed by atoms with van der Waals surface area (Å²) in [5.74, 6) is 0.291. The first-order valence-corrected chi connectivity index (χ1v) is 7.77. The zero-order chi connectivity index (χ0) is 14.0. The summed E-state index contributed by atoms with van der Waals surface area (Å²) in [7, 11) is -3.57. The first kappa shape index (κ1) is 13.3. The summed E-state index contributed by atoms with van der Waals surface area (Å²) in [6.07, 6.45) is 5.01. The van der Waals surface area contributed by atoms with Crippen molar-refractivity contribution in [2.75, 3.05) is 0 Å². The second-order valence-electron chi connectivity index (χ2n) is 4.69. The molecule has 3 N–H and O–H groups in total. The first-order valence-electron chi connectivity index (χ1n) is 6.29. The molecular weight excluding hydrogens is 282 g/mol. The summed E-state index contributed by atoms with van der Waals surface area (Å²) in [6.45, 7) is 0.644. The fourth-order valence-corrected chi connectivity index (χ4v) is 2.73. The molecule has 0 saturated heterocycles. The maximum Gasteiger partial charge on any atom is 0.242 e. The van der Waals surface area contributed by atoms with Crippen molar-refractivity contribution in [3.05, 3.63) is 30.2 Å². The number of rotatable bonds is 7. The third-order valence-corrected chi connectivity index (χ3v) is 4.39. The Kier molecular flexibility index (Phi) is 3.55. The van der Waals surface area contributed by atoms with Crippen LogP contribution in [0.25, 0.3) is 0 Å². The van der Waals surface area contributed by atoms with Gasteiger partial charge in [-0.25, -0.2) is 13.1 Å². The summed E-state index contributed by atoms with van der Waals surface area (Å²) in [4.78, 5) is 6.91. The third kappa shape index (κ3) is 3.24. The van der Waals surface area contributed by atoms with Gasteiger partial charge in [0.05, 0.1) is 11.4 Å². The normalized spacial score (nSPS) is 15.6. The van der Waals surface area contributed by atoms with Crippen molar-refractivity contribution >= 4 is 10.0 Å². The minimum atomic E-state index is -3.57. The minimum Gasteiger partial charge on any atom is -0.363 e. The quantitative estimate of drug-likeness (QED) is 0.669. The standard InChI is InChI=1S/C11H15N5O3S/c17-20(18,15-6-11-14-7-19-16-11)10-3-9(13-5-10)4-12-8-1-2-8/h3,5,7-8,12-13,15H,1-2,4,6H2. The van der Waals surface area contributed by atoms with E-state index in [1.807, 2.05) is 0 Å². The maximum absolute atomic E-state index is 12.1. The number of H-pyrrole nitrogens is 1. The largest absolute Gasteiger partial charge is 0.363 e. The van der Waals surface area contributed by atoms with Crippen molar-refractivity contribution in [1.29, 1.82) is 0 Å². The van der Waals surface area contributed by atoms with E-state index in [0.29, 0.717) is 18.4 Å². The van der Waals surface area contributed by atoms with Gasteiger partial charge >= 0.3 is 0 Å². The van der Waals surface area contributed by atoms with Gasteiger partial charge in [0, 0.05) is 24.5 Å². The highest BCUT2D eigenvalue weighted by Gasteiger charge is 2.21. The molecule has 2 aromatic rings. The summed E-state index contributed by atoms with van der Waals surface area (Å²) in [5.41, 5.74) is 0.844. The van der Waals surface area contributed by atoms with E-state index in [1.165, 1.54) is 19.0 Å². The second kappa shape index (κ2) is 5.35. The van der Waals surface area contributed by atoms with Gasteiger partial charge in [-0.15, -0.1) is 0 Å². The molecule has 0 aliphatic heterocycles. The van der Waals surface area contributed by atoms with Gasteiger partial charge in [-0.3, -0.25) is 0 Å². The SMILES string of the molecule is O=S(=O)(NCc1ncon1)c1c[nH]c(CNC2CC2)c1. The molecular formula is C11H15N5O3S. The Morgan fingerprint density at radius 3 is 2.95 bits per heavy atom. The van der Waals surface area contributed by atoms with Crippen LogP contribution in [-0.4, -0.2) is 29.6 Å². The highest BCUT2D eigenvalue weighted by atomic mass is 32.2. The molecule has 0 spiro atoms. The number of hydrogen-bond acceptors (Lipinski definition) is 6. The van der Waals surface area contributed by atoms with Crippen molar-refractivity contribution in [2.45, 2.75) is 36.9 Å². The molecule has 0 bridgehead atoms. The number of nitrogens with zero attached hydrogens (tertiary/aromatic N) is 2. The Morgan fingerprint density at radius 2 is 2.25 bits per heavy atom. The average molecular weight is 297 g/mol. The van der Waals surface area contributed by atoms with Crippen LogP contribution < -0.4 is 10.0 Å². The number of sulfonamides is 1. The molecule has 0 unspecified atom stereocenters. The van der Waals surface area contributed by atoms with E-state index < -0.39 is 10.0 Å². The van der Waals surface area contributed by atoms with Gasteiger partial charge in [-0.05, 0) is 18.9 Å². The second-order valence-corrected chi connectivity index (χ2v) is 6.45. The summed E-state index contributed by atoms with van der Waals surface area (Å²) < 4.78 is 31.1. The molecule has 9 heteroatoms. The molecule has 0 aromatic carbocycles. The lowest BCUT2D eigenvalue weighted by Gasteiger charge is -2.01. The van der Waals surface area contributed by atoms with Crippen molar-refractivity contribution in [3.8, 4) is 0 Å². The van der Waals surface area contributed by atoms with Crippen molar-refractivity contribution in [2.24, 2.45) is 0 Å². The predicted molar refractivity (Wildman–Crippen MR) is 69.0 cm³/mol. The van der Waals surface area contributed by atoms with Crippen LogP contribution in [-0.2, 0) is 23.1 Å². The Hall–Kier alpha value is -1.71. The predicted octanol–water partition coefficient (Wildman–Crippen LogP) is 0.128. The molecule has 1 saturated carbocycles. The summed E-state index contributed by atoms with van der Waals surface area (Å²) in [5, 5.41) is 6.86.